The van der Waals surface area contributed by atoms with Gasteiger partial charge in [-0.25, -0.2) is 0 Å². The van der Waals surface area contributed by atoms with Crippen LogP contribution in [0.25, 0.3) is 0 Å². The Hall–Kier alpha value is -1.02. The van der Waals surface area contributed by atoms with E-state index in [0.29, 0.717) is 0 Å². The molecule has 17 heavy (non-hydrogen) atoms. The Kier molecular flexibility index (Phi) is 5.70. The molecule has 0 aliphatic heterocycles. The molecule has 0 saturated heterocycles. The van der Waals surface area contributed by atoms with Crippen LogP contribution in [0, 0.1) is 0 Å². The molecule has 0 bridgehead atoms. The van der Waals surface area contributed by atoms with Crippen molar-refractivity contribution in [2.24, 2.45) is 17.2 Å². The fourth-order valence-corrected chi connectivity index (χ4v) is 1.50. The van der Waals surface area contributed by atoms with Crippen molar-refractivity contribution in [3.8, 4) is 0 Å². The number of rotatable bonds is 3. The van der Waals surface area contributed by atoms with E-state index in [4.69, 9.17) is 17.2 Å². The van der Waals surface area contributed by atoms with Gasteiger partial charge in [-0.3, -0.25) is 14.4 Å². The number of carbonyl (C=O) groups excluding carboxylic acids is 3. The maximum absolute atomic E-state index is 11.0. The van der Waals surface area contributed by atoms with Gasteiger partial charge in [0, 0.05) is 10.5 Å². The summed E-state index contributed by atoms with van der Waals surface area (Å²) in [7, 11) is 0. The van der Waals surface area contributed by atoms with E-state index in [0.717, 1.165) is 0 Å². The van der Waals surface area contributed by atoms with E-state index in [2.05, 4.69) is 12.6 Å². The van der Waals surface area contributed by atoms with Crippen molar-refractivity contribution >= 4 is 30.4 Å². The van der Waals surface area contributed by atoms with Crippen molar-refractivity contribution in [2.75, 3.05) is 0 Å². The van der Waals surface area contributed by atoms with E-state index in [9.17, 15) is 14.4 Å². The predicted octanol–water partition coefficient (Wildman–Crippen LogP) is -3.72. The van der Waals surface area contributed by atoms with Gasteiger partial charge in [0.1, 0.15) is 0 Å². The SMILES string of the molecule is NC(=O)c1cc(C(N)=O)c(S)c(C(N)=O)c1.[Na+]. The molecule has 0 unspecified atom stereocenters. The van der Waals surface area contributed by atoms with E-state index in [1.54, 1.807) is 0 Å². The monoisotopic (exact) mass is 262 g/mol. The van der Waals surface area contributed by atoms with Crippen LogP contribution < -0.4 is 46.8 Å². The number of amides is 3. The van der Waals surface area contributed by atoms with Crippen molar-refractivity contribution in [1.82, 2.24) is 0 Å². The summed E-state index contributed by atoms with van der Waals surface area (Å²) in [6.45, 7) is 0. The summed E-state index contributed by atoms with van der Waals surface area (Å²) < 4.78 is 0. The van der Waals surface area contributed by atoms with Crippen LogP contribution in [0.3, 0.4) is 0 Å². The number of thiol groups is 1. The molecule has 0 fully saturated rings. The van der Waals surface area contributed by atoms with Crippen molar-refractivity contribution in [3.05, 3.63) is 28.8 Å². The second-order valence-electron chi connectivity index (χ2n) is 3.01. The van der Waals surface area contributed by atoms with Crippen LogP contribution in [-0.2, 0) is 0 Å². The molecule has 0 radical (unpaired) electrons. The van der Waals surface area contributed by atoms with Crippen LogP contribution in [0.1, 0.15) is 31.1 Å². The number of carbonyl (C=O) groups is 3. The third-order valence-corrected chi connectivity index (χ3v) is 2.41. The van der Waals surface area contributed by atoms with Gasteiger partial charge in [0.15, 0.2) is 0 Å². The first kappa shape index (κ1) is 16.0. The van der Waals surface area contributed by atoms with Crippen LogP contribution in [0.2, 0.25) is 0 Å². The van der Waals surface area contributed by atoms with Crippen LogP contribution >= 0.6 is 12.6 Å². The van der Waals surface area contributed by atoms with Crippen molar-refractivity contribution in [2.45, 2.75) is 4.90 Å². The molecule has 84 valence electrons. The maximum Gasteiger partial charge on any atom is 1.00 e. The summed E-state index contributed by atoms with van der Waals surface area (Å²) in [5.41, 5.74) is 15.0. The Morgan fingerprint density at radius 1 is 0.882 bits per heavy atom. The van der Waals surface area contributed by atoms with Gasteiger partial charge in [0.2, 0.25) is 17.7 Å². The fourth-order valence-electron chi connectivity index (χ4n) is 1.15. The van der Waals surface area contributed by atoms with Gasteiger partial charge in [-0.05, 0) is 12.1 Å². The average molecular weight is 262 g/mol. The van der Waals surface area contributed by atoms with Gasteiger partial charge >= 0.3 is 29.6 Å². The number of hydrogen-bond acceptors (Lipinski definition) is 4. The molecule has 0 spiro atoms. The molecule has 1 aromatic carbocycles. The Labute approximate surface area is 125 Å². The van der Waals surface area contributed by atoms with Crippen LogP contribution in [0.5, 0.6) is 0 Å². The minimum absolute atomic E-state index is 0. The molecule has 1 rings (SSSR count). The molecule has 0 aliphatic carbocycles. The first-order valence-corrected chi connectivity index (χ1v) is 4.55. The van der Waals surface area contributed by atoms with Gasteiger partial charge < -0.3 is 17.2 Å². The van der Waals surface area contributed by atoms with Crippen molar-refractivity contribution in [3.63, 3.8) is 0 Å². The van der Waals surface area contributed by atoms with Gasteiger partial charge in [-0.1, -0.05) is 0 Å². The van der Waals surface area contributed by atoms with Crippen molar-refractivity contribution in [1.29, 1.82) is 0 Å². The van der Waals surface area contributed by atoms with E-state index in [-0.39, 0.29) is 51.1 Å². The zero-order valence-corrected chi connectivity index (χ0v) is 12.0. The van der Waals surface area contributed by atoms with Gasteiger partial charge in [-0.15, -0.1) is 12.6 Å². The number of primary amides is 3. The number of nitrogens with two attached hydrogens (primary N) is 3. The van der Waals surface area contributed by atoms with E-state index in [1.165, 1.54) is 12.1 Å². The van der Waals surface area contributed by atoms with E-state index in [1.807, 2.05) is 0 Å². The van der Waals surface area contributed by atoms with Crippen LogP contribution in [0.15, 0.2) is 17.0 Å². The standard InChI is InChI=1S/C9H9N3O3S.Na/c10-7(13)3-1-4(8(11)14)6(16)5(2-3)9(12)15;/h1-2,16H,(H2,10,13)(H2,11,14)(H2,12,15);/q;+1. The Morgan fingerprint density at radius 2 is 1.24 bits per heavy atom. The minimum Gasteiger partial charge on any atom is -0.366 e. The second-order valence-corrected chi connectivity index (χ2v) is 3.46. The third-order valence-electron chi connectivity index (χ3n) is 1.93. The molecule has 8 heteroatoms. The van der Waals surface area contributed by atoms with E-state index >= 15 is 0 Å². The maximum atomic E-state index is 11.0. The van der Waals surface area contributed by atoms with Gasteiger partial charge in [-0.2, -0.15) is 0 Å². The zero-order valence-electron chi connectivity index (χ0n) is 9.06. The number of benzene rings is 1. The molecule has 0 heterocycles. The topological polar surface area (TPSA) is 129 Å². The molecular formula is C9H9N3NaO3S+. The Balaban J connectivity index is 0.00000256. The smallest absolute Gasteiger partial charge is 0.366 e. The number of hydrogen-bond donors (Lipinski definition) is 4. The molecule has 3 amide bonds. The summed E-state index contributed by atoms with van der Waals surface area (Å²) >= 11 is 3.95. The first-order chi connectivity index (χ1) is 7.34. The molecule has 0 atom stereocenters. The molecule has 6 nitrogen and oxygen atoms in total. The third kappa shape index (κ3) is 3.47. The average Bonchev–Trinajstić information content (AvgIpc) is 2.16. The summed E-state index contributed by atoms with van der Waals surface area (Å²) in [6, 6.07) is 2.33. The molecule has 6 N–H and O–H groups in total. The van der Waals surface area contributed by atoms with E-state index < -0.39 is 17.7 Å². The summed E-state index contributed by atoms with van der Waals surface area (Å²) in [6.07, 6.45) is 0. The molecule has 1 aromatic rings. The largest absolute Gasteiger partial charge is 1.00 e. The predicted molar refractivity (Wildman–Crippen MR) is 59.2 cm³/mol. The molecule has 0 aromatic heterocycles. The molecule has 0 aliphatic rings. The van der Waals surface area contributed by atoms with Gasteiger partial charge in [0.25, 0.3) is 0 Å². The Bertz CT molecular complexity index is 469. The Morgan fingerprint density at radius 3 is 1.47 bits per heavy atom. The van der Waals surface area contributed by atoms with Crippen LogP contribution in [-0.4, -0.2) is 17.7 Å². The van der Waals surface area contributed by atoms with Gasteiger partial charge in [0.05, 0.1) is 11.1 Å². The molecule has 0 saturated carbocycles. The summed E-state index contributed by atoms with van der Waals surface area (Å²) in [4.78, 5) is 33.1. The molecular weight excluding hydrogens is 253 g/mol. The first-order valence-electron chi connectivity index (χ1n) is 4.11. The minimum atomic E-state index is -0.824. The van der Waals surface area contributed by atoms with Crippen molar-refractivity contribution < 1.29 is 43.9 Å². The summed E-state index contributed by atoms with van der Waals surface area (Å²) in [5, 5.41) is 0. The summed E-state index contributed by atoms with van der Waals surface area (Å²) in [5.74, 6) is -2.44. The fraction of sp³-hybridized carbons (Fsp3) is 0. The normalized spacial score (nSPS) is 9.24. The zero-order chi connectivity index (χ0) is 12.5. The van der Waals surface area contributed by atoms with Crippen LogP contribution in [0.4, 0.5) is 0 Å². The second kappa shape index (κ2) is 6.06. The quantitative estimate of drug-likeness (QED) is 0.330.